The summed E-state index contributed by atoms with van der Waals surface area (Å²) < 4.78 is 31.6. The first-order valence-electron chi connectivity index (χ1n) is 15.0. The fourth-order valence-corrected chi connectivity index (χ4v) is 6.30. The van der Waals surface area contributed by atoms with Gasteiger partial charge in [0, 0.05) is 30.7 Å². The van der Waals surface area contributed by atoms with Crippen molar-refractivity contribution in [1.29, 1.82) is 0 Å². The molecular weight excluding hydrogens is 598 g/mol. The number of para-hydroxylation sites is 1. The zero-order valence-electron chi connectivity index (χ0n) is 26.0. The number of carbonyl (C=O) groups is 1. The lowest BCUT2D eigenvalue weighted by molar-refractivity contribution is -0.146. The maximum Gasteiger partial charge on any atom is 0.309 e. The standard InChI is InChI=1S/C37H35N3O5S/c1-37(2,36(41)42)21-35-39-33-20-31(45-23-30-16-15-28-8-4-5-10-32(28)38-30)17-18-34(33)40(35)22-26-7-6-9-29(19-26)27-13-11-25(12-14-27)24-46(3,43)44/h4-20H,21-24H2,1-3H3,(H,41,42). The summed E-state index contributed by atoms with van der Waals surface area (Å²) in [7, 11) is -3.11. The third-order valence-electron chi connectivity index (χ3n) is 8.00. The van der Waals surface area contributed by atoms with Crippen LogP contribution in [0.1, 0.15) is 36.5 Å². The first kappa shape index (κ1) is 31.0. The van der Waals surface area contributed by atoms with Gasteiger partial charge in [-0.2, -0.15) is 0 Å². The van der Waals surface area contributed by atoms with Crippen molar-refractivity contribution in [2.45, 2.75) is 39.2 Å². The van der Waals surface area contributed by atoms with Crippen LogP contribution in [0.15, 0.2) is 103 Å². The third kappa shape index (κ3) is 7.10. The van der Waals surface area contributed by atoms with Crippen molar-refractivity contribution in [2.75, 3.05) is 6.26 Å². The van der Waals surface area contributed by atoms with Gasteiger partial charge in [0.1, 0.15) is 18.2 Å². The Bertz CT molecular complexity index is 2170. The number of imidazole rings is 1. The summed E-state index contributed by atoms with van der Waals surface area (Å²) in [4.78, 5) is 21.7. The van der Waals surface area contributed by atoms with Crippen molar-refractivity contribution in [1.82, 2.24) is 14.5 Å². The van der Waals surface area contributed by atoms with Crippen LogP contribution in [0.25, 0.3) is 33.1 Å². The molecule has 2 aromatic heterocycles. The summed E-state index contributed by atoms with van der Waals surface area (Å²) in [6, 6.07) is 33.4. The molecule has 0 spiro atoms. The topological polar surface area (TPSA) is 111 Å². The number of nitrogens with zero attached hydrogens (tertiary/aromatic N) is 3. The smallest absolute Gasteiger partial charge is 0.309 e. The number of carboxylic acids is 1. The van der Waals surface area contributed by atoms with Crippen molar-refractivity contribution in [2.24, 2.45) is 5.41 Å². The minimum atomic E-state index is -3.11. The molecule has 8 nitrogen and oxygen atoms in total. The molecule has 0 radical (unpaired) electrons. The number of benzene rings is 4. The monoisotopic (exact) mass is 633 g/mol. The highest BCUT2D eigenvalue weighted by molar-refractivity contribution is 7.89. The number of pyridine rings is 1. The lowest BCUT2D eigenvalue weighted by Crippen LogP contribution is -2.27. The van der Waals surface area contributed by atoms with Gasteiger partial charge in [0.2, 0.25) is 0 Å². The normalized spacial score (nSPS) is 12.1. The van der Waals surface area contributed by atoms with Gasteiger partial charge in [-0.1, -0.05) is 66.7 Å². The van der Waals surface area contributed by atoms with Gasteiger partial charge in [0.15, 0.2) is 9.84 Å². The highest BCUT2D eigenvalue weighted by Gasteiger charge is 2.30. The van der Waals surface area contributed by atoms with Crippen LogP contribution in [-0.4, -0.2) is 40.3 Å². The molecular formula is C37H35N3O5S. The van der Waals surface area contributed by atoms with E-state index >= 15 is 0 Å². The number of ether oxygens (including phenoxy) is 1. The van der Waals surface area contributed by atoms with Crippen molar-refractivity contribution in [3.05, 3.63) is 126 Å². The summed E-state index contributed by atoms with van der Waals surface area (Å²) in [5.41, 5.74) is 6.05. The molecule has 6 aromatic rings. The van der Waals surface area contributed by atoms with E-state index in [1.807, 2.05) is 97.1 Å². The zero-order chi connectivity index (χ0) is 32.5. The molecule has 0 saturated carbocycles. The molecule has 234 valence electrons. The summed E-state index contributed by atoms with van der Waals surface area (Å²) in [5, 5.41) is 11.0. The second-order valence-electron chi connectivity index (χ2n) is 12.4. The van der Waals surface area contributed by atoms with E-state index in [9.17, 15) is 18.3 Å². The fourth-order valence-electron chi connectivity index (χ4n) is 5.51. The summed E-state index contributed by atoms with van der Waals surface area (Å²) in [6.45, 7) is 4.21. The molecule has 0 atom stereocenters. The Morgan fingerprint density at radius 2 is 1.61 bits per heavy atom. The molecule has 0 saturated heterocycles. The second kappa shape index (κ2) is 12.4. The minimum absolute atomic E-state index is 0.00355. The van der Waals surface area contributed by atoms with E-state index in [2.05, 4.69) is 10.6 Å². The average Bonchev–Trinajstić information content (AvgIpc) is 3.34. The van der Waals surface area contributed by atoms with Crippen LogP contribution < -0.4 is 4.74 Å². The zero-order valence-corrected chi connectivity index (χ0v) is 26.8. The number of hydrogen-bond acceptors (Lipinski definition) is 6. The van der Waals surface area contributed by atoms with Gasteiger partial charge >= 0.3 is 5.97 Å². The van der Waals surface area contributed by atoms with Crippen LogP contribution in [0.2, 0.25) is 0 Å². The van der Waals surface area contributed by atoms with Crippen molar-refractivity contribution < 1.29 is 23.1 Å². The predicted molar refractivity (Wildman–Crippen MR) is 180 cm³/mol. The number of rotatable bonds is 11. The van der Waals surface area contributed by atoms with Crippen molar-refractivity contribution in [3.63, 3.8) is 0 Å². The maximum absolute atomic E-state index is 12.1. The molecule has 0 aliphatic carbocycles. The van der Waals surface area contributed by atoms with E-state index in [0.717, 1.165) is 49.9 Å². The van der Waals surface area contributed by atoms with E-state index in [0.29, 0.717) is 24.7 Å². The Morgan fingerprint density at radius 1 is 0.826 bits per heavy atom. The van der Waals surface area contributed by atoms with E-state index < -0.39 is 21.2 Å². The van der Waals surface area contributed by atoms with Crippen LogP contribution in [0.5, 0.6) is 5.75 Å². The number of fused-ring (bicyclic) bond motifs is 2. The van der Waals surface area contributed by atoms with Crippen LogP contribution in [-0.2, 0) is 40.0 Å². The molecule has 0 bridgehead atoms. The van der Waals surface area contributed by atoms with Gasteiger partial charge in [0.05, 0.1) is 33.4 Å². The number of sulfone groups is 1. The maximum atomic E-state index is 12.1. The Balaban J connectivity index is 1.28. The first-order valence-corrected chi connectivity index (χ1v) is 17.1. The van der Waals surface area contributed by atoms with Gasteiger partial charge in [-0.05, 0) is 66.4 Å². The predicted octanol–water partition coefficient (Wildman–Crippen LogP) is 7.08. The Labute approximate surface area is 268 Å². The SMILES string of the molecule is CC(C)(Cc1nc2cc(OCc3ccc4ccccc4n3)ccc2n1Cc1cccc(-c2ccc(CS(C)(=O)=O)cc2)c1)C(=O)O. The van der Waals surface area contributed by atoms with Crippen LogP contribution in [0, 0.1) is 5.41 Å². The quantitative estimate of drug-likeness (QED) is 0.162. The Hall–Kier alpha value is -5.02. The third-order valence-corrected chi connectivity index (χ3v) is 8.86. The fraction of sp³-hybridized carbons (Fsp3) is 0.216. The molecule has 9 heteroatoms. The largest absolute Gasteiger partial charge is 0.487 e. The molecule has 6 rings (SSSR count). The number of aliphatic carboxylic acids is 1. The van der Waals surface area contributed by atoms with Crippen molar-refractivity contribution in [3.8, 4) is 16.9 Å². The number of hydrogen-bond donors (Lipinski definition) is 1. The van der Waals surface area contributed by atoms with Gasteiger partial charge in [0.25, 0.3) is 0 Å². The van der Waals surface area contributed by atoms with Crippen LogP contribution >= 0.6 is 0 Å². The Kier molecular flexibility index (Phi) is 8.35. The van der Waals surface area contributed by atoms with Crippen molar-refractivity contribution >= 4 is 37.7 Å². The number of aromatic nitrogens is 3. The van der Waals surface area contributed by atoms with E-state index in [-0.39, 0.29) is 12.2 Å². The van der Waals surface area contributed by atoms with Crippen LogP contribution in [0.4, 0.5) is 0 Å². The van der Waals surface area contributed by atoms with E-state index in [1.54, 1.807) is 13.8 Å². The highest BCUT2D eigenvalue weighted by atomic mass is 32.2. The van der Waals surface area contributed by atoms with E-state index in [1.165, 1.54) is 6.26 Å². The molecule has 0 aliphatic rings. The van der Waals surface area contributed by atoms with Gasteiger partial charge in [-0.15, -0.1) is 0 Å². The molecule has 46 heavy (non-hydrogen) atoms. The molecule has 0 fully saturated rings. The molecule has 0 aliphatic heterocycles. The highest BCUT2D eigenvalue weighted by Crippen LogP contribution is 2.29. The van der Waals surface area contributed by atoms with Gasteiger partial charge < -0.3 is 14.4 Å². The van der Waals surface area contributed by atoms with Gasteiger partial charge in [-0.3, -0.25) is 4.79 Å². The Morgan fingerprint density at radius 3 is 2.37 bits per heavy atom. The number of carboxylic acid groups (broad SMARTS) is 1. The molecule has 0 unspecified atom stereocenters. The lowest BCUT2D eigenvalue weighted by Gasteiger charge is -2.19. The molecule has 1 N–H and O–H groups in total. The summed E-state index contributed by atoms with van der Waals surface area (Å²) >= 11 is 0. The van der Waals surface area contributed by atoms with Crippen LogP contribution in [0.3, 0.4) is 0 Å². The van der Waals surface area contributed by atoms with Gasteiger partial charge in [-0.25, -0.2) is 18.4 Å². The molecule has 2 heterocycles. The van der Waals surface area contributed by atoms with E-state index in [4.69, 9.17) is 14.7 Å². The second-order valence-corrected chi connectivity index (χ2v) is 14.5. The minimum Gasteiger partial charge on any atom is -0.487 e. The average molecular weight is 634 g/mol. The lowest BCUT2D eigenvalue weighted by atomic mass is 9.89. The summed E-state index contributed by atoms with van der Waals surface area (Å²) in [5.74, 6) is 0.437. The molecule has 0 amide bonds. The summed E-state index contributed by atoms with van der Waals surface area (Å²) in [6.07, 6.45) is 1.48. The first-order chi connectivity index (χ1) is 21.9. The molecule has 4 aromatic carbocycles.